The molecule has 10 heavy (non-hydrogen) atoms. The summed E-state index contributed by atoms with van der Waals surface area (Å²) in [7, 11) is 0. The minimum absolute atomic E-state index is 0.347. The molecule has 0 aromatic rings. The highest BCUT2D eigenvalue weighted by molar-refractivity contribution is 14.1. The molecule has 2 heteroatoms. The van der Waals surface area contributed by atoms with Gasteiger partial charge in [0.15, 0.2) is 0 Å². The predicted octanol–water partition coefficient (Wildman–Crippen LogP) is 4.35. The molecule has 0 aliphatic carbocycles. The summed E-state index contributed by atoms with van der Waals surface area (Å²) in [4.78, 5) is 0. The SMILES string of the molecule is CCCCCCCC(Cl)I. The van der Waals surface area contributed by atoms with E-state index < -0.39 is 0 Å². The Balaban J connectivity index is 2.77. The molecule has 0 spiro atoms. The van der Waals surface area contributed by atoms with E-state index in [0.717, 1.165) is 0 Å². The molecule has 0 aromatic heterocycles. The lowest BCUT2D eigenvalue weighted by Crippen LogP contribution is -1.85. The number of halogens is 2. The fraction of sp³-hybridized carbons (Fsp3) is 1.00. The zero-order valence-corrected chi connectivity index (χ0v) is 9.49. The van der Waals surface area contributed by atoms with Gasteiger partial charge in [0.2, 0.25) is 0 Å². The van der Waals surface area contributed by atoms with Crippen LogP contribution in [0.5, 0.6) is 0 Å². The Morgan fingerprint density at radius 3 is 2.30 bits per heavy atom. The van der Waals surface area contributed by atoms with Gasteiger partial charge in [-0.15, -0.1) is 11.6 Å². The molecule has 0 rings (SSSR count). The highest BCUT2D eigenvalue weighted by atomic mass is 127. The average Bonchev–Trinajstić information content (AvgIpc) is 1.87. The second kappa shape index (κ2) is 8.12. The lowest BCUT2D eigenvalue weighted by molar-refractivity contribution is 0.623. The number of unbranched alkanes of at least 4 members (excludes halogenated alkanes) is 4. The standard InChI is InChI=1S/C8H16ClI/c1-2-3-4-5-6-7-8(9)10/h8H,2-7H2,1H3. The molecule has 0 radical (unpaired) electrons. The van der Waals surface area contributed by atoms with Crippen molar-refractivity contribution in [1.29, 1.82) is 0 Å². The highest BCUT2D eigenvalue weighted by Crippen LogP contribution is 2.15. The molecular weight excluding hydrogens is 258 g/mol. The number of hydrogen-bond donors (Lipinski definition) is 0. The lowest BCUT2D eigenvalue weighted by Gasteiger charge is -1.99. The van der Waals surface area contributed by atoms with Crippen LogP contribution in [-0.4, -0.2) is 3.38 Å². The first-order chi connectivity index (χ1) is 4.77. The van der Waals surface area contributed by atoms with Crippen molar-refractivity contribution in [1.82, 2.24) is 0 Å². The van der Waals surface area contributed by atoms with Crippen LogP contribution in [0.2, 0.25) is 0 Å². The van der Waals surface area contributed by atoms with Crippen LogP contribution < -0.4 is 0 Å². The monoisotopic (exact) mass is 274 g/mol. The molecular formula is C8H16ClI. The van der Waals surface area contributed by atoms with Crippen LogP contribution >= 0.6 is 34.2 Å². The molecule has 0 bridgehead atoms. The van der Waals surface area contributed by atoms with E-state index in [2.05, 4.69) is 29.5 Å². The van der Waals surface area contributed by atoms with Crippen molar-refractivity contribution in [2.45, 2.75) is 48.8 Å². The average molecular weight is 275 g/mol. The Morgan fingerprint density at radius 1 is 1.20 bits per heavy atom. The van der Waals surface area contributed by atoms with E-state index in [-0.39, 0.29) is 0 Å². The van der Waals surface area contributed by atoms with Gasteiger partial charge in [0, 0.05) is 0 Å². The van der Waals surface area contributed by atoms with Crippen molar-refractivity contribution in [2.75, 3.05) is 0 Å². The topological polar surface area (TPSA) is 0 Å². The van der Waals surface area contributed by atoms with Gasteiger partial charge in [0.05, 0.1) is 3.38 Å². The van der Waals surface area contributed by atoms with Gasteiger partial charge in [-0.05, 0) is 6.42 Å². The van der Waals surface area contributed by atoms with Gasteiger partial charge in [-0.2, -0.15) is 0 Å². The zero-order valence-electron chi connectivity index (χ0n) is 6.58. The van der Waals surface area contributed by atoms with Crippen LogP contribution in [0, 0.1) is 0 Å². The Bertz CT molecular complexity index is 64.3. The van der Waals surface area contributed by atoms with Crippen molar-refractivity contribution >= 4 is 34.2 Å². The minimum Gasteiger partial charge on any atom is -0.111 e. The smallest absolute Gasteiger partial charge is 0.0850 e. The summed E-state index contributed by atoms with van der Waals surface area (Å²) in [6.45, 7) is 2.24. The van der Waals surface area contributed by atoms with E-state index in [1.54, 1.807) is 0 Å². The van der Waals surface area contributed by atoms with Gasteiger partial charge in [-0.3, -0.25) is 0 Å². The van der Waals surface area contributed by atoms with Crippen molar-refractivity contribution in [3.63, 3.8) is 0 Å². The molecule has 0 heterocycles. The first kappa shape index (κ1) is 11.0. The molecule has 0 saturated heterocycles. The molecule has 0 aliphatic heterocycles. The summed E-state index contributed by atoms with van der Waals surface area (Å²) in [5, 5.41) is 0. The van der Waals surface area contributed by atoms with Gasteiger partial charge in [-0.1, -0.05) is 61.6 Å². The highest BCUT2D eigenvalue weighted by Gasteiger charge is 1.96. The molecule has 0 amide bonds. The predicted molar refractivity (Wildman–Crippen MR) is 57.0 cm³/mol. The van der Waals surface area contributed by atoms with Crippen LogP contribution in [0.1, 0.15) is 45.4 Å². The number of alkyl halides is 2. The molecule has 1 unspecified atom stereocenters. The summed E-state index contributed by atoms with van der Waals surface area (Å²) in [6, 6.07) is 0. The third-order valence-corrected chi connectivity index (χ3v) is 2.37. The maximum absolute atomic E-state index is 5.78. The van der Waals surface area contributed by atoms with Gasteiger partial charge < -0.3 is 0 Å². The van der Waals surface area contributed by atoms with Gasteiger partial charge in [0.1, 0.15) is 0 Å². The molecule has 1 atom stereocenters. The Morgan fingerprint density at radius 2 is 1.80 bits per heavy atom. The summed E-state index contributed by atoms with van der Waals surface area (Å²) < 4.78 is 0.347. The van der Waals surface area contributed by atoms with E-state index in [1.807, 2.05) is 0 Å². The van der Waals surface area contributed by atoms with E-state index in [1.165, 1.54) is 38.5 Å². The third kappa shape index (κ3) is 9.02. The van der Waals surface area contributed by atoms with E-state index >= 15 is 0 Å². The fourth-order valence-electron chi connectivity index (χ4n) is 0.902. The quantitative estimate of drug-likeness (QED) is 0.384. The van der Waals surface area contributed by atoms with Gasteiger partial charge in [-0.25, -0.2) is 0 Å². The van der Waals surface area contributed by atoms with E-state index in [0.29, 0.717) is 3.38 Å². The second-order valence-electron chi connectivity index (χ2n) is 2.59. The van der Waals surface area contributed by atoms with Crippen LogP contribution in [0.3, 0.4) is 0 Å². The number of rotatable bonds is 6. The fourth-order valence-corrected chi connectivity index (χ4v) is 1.50. The molecule has 0 aromatic carbocycles. The first-order valence-electron chi connectivity index (χ1n) is 4.05. The van der Waals surface area contributed by atoms with Crippen LogP contribution in [0.4, 0.5) is 0 Å². The second-order valence-corrected chi connectivity index (χ2v) is 5.36. The summed E-state index contributed by atoms with van der Waals surface area (Å²) in [6.07, 6.45) is 7.93. The van der Waals surface area contributed by atoms with Gasteiger partial charge in [0.25, 0.3) is 0 Å². The number of hydrogen-bond acceptors (Lipinski definition) is 0. The van der Waals surface area contributed by atoms with E-state index in [4.69, 9.17) is 11.6 Å². The Kier molecular flexibility index (Phi) is 8.95. The normalized spacial score (nSPS) is 13.5. The Labute approximate surface area is 82.9 Å². The van der Waals surface area contributed by atoms with Crippen molar-refractivity contribution in [3.05, 3.63) is 0 Å². The largest absolute Gasteiger partial charge is 0.111 e. The lowest BCUT2D eigenvalue weighted by atomic mass is 10.1. The van der Waals surface area contributed by atoms with Crippen molar-refractivity contribution in [3.8, 4) is 0 Å². The van der Waals surface area contributed by atoms with Crippen LogP contribution in [0.15, 0.2) is 0 Å². The molecule has 62 valence electrons. The summed E-state index contributed by atoms with van der Waals surface area (Å²) >= 11 is 8.05. The van der Waals surface area contributed by atoms with E-state index in [9.17, 15) is 0 Å². The summed E-state index contributed by atoms with van der Waals surface area (Å²) in [5.41, 5.74) is 0. The van der Waals surface area contributed by atoms with Crippen LogP contribution in [0.25, 0.3) is 0 Å². The van der Waals surface area contributed by atoms with Crippen molar-refractivity contribution in [2.24, 2.45) is 0 Å². The minimum atomic E-state index is 0.347. The van der Waals surface area contributed by atoms with Gasteiger partial charge >= 0.3 is 0 Å². The molecule has 0 aliphatic rings. The maximum Gasteiger partial charge on any atom is 0.0850 e. The van der Waals surface area contributed by atoms with Crippen LogP contribution in [-0.2, 0) is 0 Å². The molecule has 0 saturated carbocycles. The molecule has 0 N–H and O–H groups in total. The Hall–Kier alpha value is 1.02. The third-order valence-electron chi connectivity index (χ3n) is 1.53. The maximum atomic E-state index is 5.78. The first-order valence-corrected chi connectivity index (χ1v) is 5.73. The zero-order chi connectivity index (χ0) is 7.82. The van der Waals surface area contributed by atoms with Crippen molar-refractivity contribution < 1.29 is 0 Å². The molecule has 0 nitrogen and oxygen atoms in total. The summed E-state index contributed by atoms with van der Waals surface area (Å²) in [5.74, 6) is 0. The molecule has 0 fully saturated rings.